The summed E-state index contributed by atoms with van der Waals surface area (Å²) in [5.74, 6) is 0.881. The first-order valence-electron chi connectivity index (χ1n) is 4.93. The van der Waals surface area contributed by atoms with E-state index in [9.17, 15) is 4.21 Å². The van der Waals surface area contributed by atoms with Crippen LogP contribution < -0.4 is 0 Å². The summed E-state index contributed by atoms with van der Waals surface area (Å²) in [6.45, 7) is 12.5. The van der Waals surface area contributed by atoms with Crippen LogP contribution in [0.15, 0.2) is 0 Å². The summed E-state index contributed by atoms with van der Waals surface area (Å²) in [5, 5.41) is 0.312. The van der Waals surface area contributed by atoms with Crippen LogP contribution in [-0.4, -0.2) is 28.7 Å². The van der Waals surface area contributed by atoms with Gasteiger partial charge < -0.3 is 0 Å². The number of nitrogens with zero attached hydrogens (tertiary/aromatic N) is 1. The minimum atomic E-state index is -1.50. The van der Waals surface area contributed by atoms with Gasteiger partial charge in [0, 0.05) is 12.3 Å². The molecule has 1 rings (SSSR count). The van der Waals surface area contributed by atoms with Crippen LogP contribution in [0.1, 0.15) is 27.2 Å². The van der Waals surface area contributed by atoms with Gasteiger partial charge in [-0.3, -0.25) is 0 Å². The topological polar surface area (TPSA) is 20.3 Å². The Bertz CT molecular complexity index is 222. The fraction of sp³-hybridized carbons (Fsp3) is 1.00. The Balaban J connectivity index is 2.86. The summed E-state index contributed by atoms with van der Waals surface area (Å²) in [6.07, 6.45) is 1.11. The first-order valence-corrected chi connectivity index (χ1v) is 9.15. The fourth-order valence-electron chi connectivity index (χ4n) is 1.45. The zero-order valence-corrected chi connectivity index (χ0v) is 11.2. The molecule has 0 saturated carbocycles. The van der Waals surface area contributed by atoms with E-state index < -0.39 is 19.2 Å². The van der Waals surface area contributed by atoms with Crippen LogP contribution in [0.5, 0.6) is 0 Å². The third kappa shape index (κ3) is 2.05. The highest BCUT2D eigenvalue weighted by molar-refractivity contribution is 7.84. The van der Waals surface area contributed by atoms with E-state index in [1.165, 1.54) is 0 Å². The molecule has 0 aromatic heterocycles. The third-order valence-electron chi connectivity index (χ3n) is 3.38. The highest BCUT2D eigenvalue weighted by Gasteiger charge is 2.44. The second kappa shape index (κ2) is 3.48. The van der Waals surface area contributed by atoms with E-state index in [2.05, 4.69) is 37.8 Å². The van der Waals surface area contributed by atoms with Crippen LogP contribution in [0.2, 0.25) is 18.1 Å². The molecule has 1 saturated heterocycles. The van der Waals surface area contributed by atoms with Gasteiger partial charge in [0.25, 0.3) is 0 Å². The molecule has 0 spiro atoms. The molecule has 1 atom stereocenters. The highest BCUT2D eigenvalue weighted by Crippen LogP contribution is 2.40. The lowest BCUT2D eigenvalue weighted by atomic mass is 10.2. The third-order valence-corrected chi connectivity index (χ3v) is 11.8. The number of hydrogen-bond acceptors (Lipinski definition) is 1. The maximum Gasteiger partial charge on any atom is 0.142 e. The Labute approximate surface area is 85.4 Å². The standard InChI is InChI=1S/C9H21NOSSi/c1-9(2,3)13(4,5)10-7-6-8-12(10)11/h6-8H2,1-5H3. The smallest absolute Gasteiger partial charge is 0.142 e. The molecule has 1 unspecified atom stereocenters. The summed E-state index contributed by atoms with van der Waals surface area (Å²) in [5.41, 5.74) is 0. The largest absolute Gasteiger partial charge is 0.246 e. The highest BCUT2D eigenvalue weighted by atomic mass is 32.2. The lowest BCUT2D eigenvalue weighted by Crippen LogP contribution is -2.53. The molecule has 1 heterocycles. The van der Waals surface area contributed by atoms with E-state index in [1.807, 2.05) is 0 Å². The van der Waals surface area contributed by atoms with Crippen LogP contribution >= 0.6 is 0 Å². The van der Waals surface area contributed by atoms with Gasteiger partial charge in [0.15, 0.2) is 0 Å². The second-order valence-electron chi connectivity index (χ2n) is 5.29. The zero-order chi connectivity index (χ0) is 10.3. The van der Waals surface area contributed by atoms with E-state index in [4.69, 9.17) is 0 Å². The first-order chi connectivity index (χ1) is 5.77. The van der Waals surface area contributed by atoms with Gasteiger partial charge in [0.05, 0.1) is 11.0 Å². The van der Waals surface area contributed by atoms with Gasteiger partial charge in [0.1, 0.15) is 8.24 Å². The van der Waals surface area contributed by atoms with Crippen molar-refractivity contribution in [3.05, 3.63) is 0 Å². The maximum absolute atomic E-state index is 11.7. The molecular weight excluding hydrogens is 198 g/mol. The van der Waals surface area contributed by atoms with Gasteiger partial charge in [-0.1, -0.05) is 33.9 Å². The van der Waals surface area contributed by atoms with E-state index in [1.54, 1.807) is 0 Å². The Morgan fingerprint density at radius 2 is 1.85 bits per heavy atom. The second-order valence-corrected chi connectivity index (χ2v) is 12.3. The van der Waals surface area contributed by atoms with Gasteiger partial charge in [-0.05, 0) is 11.5 Å². The molecule has 1 fully saturated rings. The van der Waals surface area contributed by atoms with Crippen LogP contribution in [0.25, 0.3) is 0 Å². The van der Waals surface area contributed by atoms with E-state index >= 15 is 0 Å². The lowest BCUT2D eigenvalue weighted by molar-refractivity contribution is 0.581. The Hall–Kier alpha value is 0.327. The molecule has 78 valence electrons. The molecular formula is C9H21NOSSi. The Morgan fingerprint density at radius 3 is 2.15 bits per heavy atom. The zero-order valence-electron chi connectivity index (χ0n) is 9.39. The van der Waals surface area contributed by atoms with E-state index in [0.717, 1.165) is 18.7 Å². The minimum Gasteiger partial charge on any atom is -0.246 e. The normalized spacial score (nSPS) is 26.7. The summed E-state index contributed by atoms with van der Waals surface area (Å²) in [6, 6.07) is 0. The molecule has 13 heavy (non-hydrogen) atoms. The van der Waals surface area contributed by atoms with Gasteiger partial charge in [-0.15, -0.1) is 0 Å². The summed E-state index contributed by atoms with van der Waals surface area (Å²) in [7, 11) is -2.18. The molecule has 2 nitrogen and oxygen atoms in total. The predicted octanol–water partition coefficient (Wildman–Crippen LogP) is 2.36. The maximum atomic E-state index is 11.7. The van der Waals surface area contributed by atoms with Crippen molar-refractivity contribution in [2.45, 2.75) is 45.3 Å². The van der Waals surface area contributed by atoms with Crippen LogP contribution in [0.4, 0.5) is 0 Å². The Morgan fingerprint density at radius 1 is 1.31 bits per heavy atom. The van der Waals surface area contributed by atoms with Crippen molar-refractivity contribution in [2.24, 2.45) is 0 Å². The quantitative estimate of drug-likeness (QED) is 0.620. The molecule has 1 aliphatic heterocycles. The molecule has 4 heteroatoms. The number of rotatable bonds is 1. The van der Waals surface area contributed by atoms with Crippen molar-refractivity contribution in [1.82, 2.24) is 3.97 Å². The van der Waals surface area contributed by atoms with Crippen molar-refractivity contribution in [3.8, 4) is 0 Å². The molecule has 0 bridgehead atoms. The van der Waals surface area contributed by atoms with Crippen molar-refractivity contribution in [2.75, 3.05) is 12.3 Å². The monoisotopic (exact) mass is 219 g/mol. The van der Waals surface area contributed by atoms with Gasteiger partial charge >= 0.3 is 0 Å². The summed E-state index contributed by atoms with van der Waals surface area (Å²) < 4.78 is 14.0. The van der Waals surface area contributed by atoms with Crippen LogP contribution in [0.3, 0.4) is 0 Å². The van der Waals surface area contributed by atoms with Gasteiger partial charge in [-0.2, -0.15) is 0 Å². The molecule has 0 radical (unpaired) electrons. The first kappa shape index (κ1) is 11.4. The SMILES string of the molecule is CC(C)(C)[Si](C)(C)N1CCCS1=O. The molecule has 0 aliphatic carbocycles. The average molecular weight is 219 g/mol. The van der Waals surface area contributed by atoms with Gasteiger partial charge in [0.2, 0.25) is 0 Å². The summed E-state index contributed by atoms with van der Waals surface area (Å²) >= 11 is 0. The molecule has 1 aliphatic rings. The molecule has 0 aromatic rings. The van der Waals surface area contributed by atoms with E-state index in [0.29, 0.717) is 5.04 Å². The molecule has 0 aromatic carbocycles. The molecule has 0 N–H and O–H groups in total. The van der Waals surface area contributed by atoms with Crippen LogP contribution in [-0.2, 0) is 11.0 Å². The average Bonchev–Trinajstić information content (AvgIpc) is 2.32. The molecule has 0 amide bonds. The van der Waals surface area contributed by atoms with Crippen LogP contribution in [0, 0.1) is 0 Å². The van der Waals surface area contributed by atoms with Gasteiger partial charge in [-0.25, -0.2) is 8.18 Å². The summed E-state index contributed by atoms with van der Waals surface area (Å²) in [4.78, 5) is 0. The Kier molecular flexibility index (Phi) is 3.05. The number of hydrogen-bond donors (Lipinski definition) is 0. The predicted molar refractivity (Wildman–Crippen MR) is 61.5 cm³/mol. The van der Waals surface area contributed by atoms with Crippen molar-refractivity contribution in [3.63, 3.8) is 0 Å². The lowest BCUT2D eigenvalue weighted by Gasteiger charge is -2.42. The van der Waals surface area contributed by atoms with Crippen molar-refractivity contribution in [1.29, 1.82) is 0 Å². The van der Waals surface area contributed by atoms with E-state index in [-0.39, 0.29) is 0 Å². The fourth-order valence-corrected chi connectivity index (χ4v) is 6.98. The van der Waals surface area contributed by atoms with Crippen molar-refractivity contribution >= 4 is 19.2 Å². The minimum absolute atomic E-state index is 0.312. The van der Waals surface area contributed by atoms with Crippen molar-refractivity contribution < 1.29 is 4.21 Å².